The van der Waals surface area contributed by atoms with Crippen LogP contribution in [0.15, 0.2) is 35.4 Å². The van der Waals surface area contributed by atoms with Crippen molar-refractivity contribution in [1.82, 2.24) is 14.5 Å². The first-order valence-corrected chi connectivity index (χ1v) is 7.11. The third-order valence-electron chi connectivity index (χ3n) is 2.91. The first kappa shape index (κ1) is 13.7. The van der Waals surface area contributed by atoms with Gasteiger partial charge in [-0.1, -0.05) is 0 Å². The van der Waals surface area contributed by atoms with Crippen molar-refractivity contribution < 1.29 is 12.8 Å². The minimum absolute atomic E-state index is 0.0374. The molecule has 0 unspecified atom stereocenters. The first-order chi connectivity index (χ1) is 8.90. The molecule has 1 N–H and O–H groups in total. The number of hydrogen-bond acceptors (Lipinski definition) is 3. The number of nitrogens with zero attached hydrogens (tertiary/aromatic N) is 2. The second kappa shape index (κ2) is 5.10. The van der Waals surface area contributed by atoms with Crippen molar-refractivity contribution >= 4 is 10.0 Å². The quantitative estimate of drug-likeness (QED) is 0.921. The van der Waals surface area contributed by atoms with E-state index >= 15 is 0 Å². The van der Waals surface area contributed by atoms with E-state index in [1.54, 1.807) is 17.9 Å². The van der Waals surface area contributed by atoms with Crippen molar-refractivity contribution in [2.75, 3.05) is 0 Å². The number of rotatable bonds is 4. The Kier molecular flexibility index (Phi) is 3.68. The number of nitrogens with one attached hydrogen (secondary N) is 1. The molecule has 0 atom stereocenters. The van der Waals surface area contributed by atoms with E-state index in [1.165, 1.54) is 12.1 Å². The van der Waals surface area contributed by atoms with E-state index in [-0.39, 0.29) is 11.4 Å². The Morgan fingerprint density at radius 2 is 1.95 bits per heavy atom. The van der Waals surface area contributed by atoms with Gasteiger partial charge >= 0.3 is 0 Å². The van der Waals surface area contributed by atoms with Gasteiger partial charge in [0.1, 0.15) is 5.82 Å². The summed E-state index contributed by atoms with van der Waals surface area (Å²) in [5.41, 5.74) is 1.69. The number of aromatic nitrogens is 2. The number of sulfonamides is 1. The summed E-state index contributed by atoms with van der Waals surface area (Å²) >= 11 is 0. The van der Waals surface area contributed by atoms with Crippen LogP contribution in [0.2, 0.25) is 0 Å². The highest BCUT2D eigenvalue weighted by atomic mass is 32.2. The molecule has 1 heterocycles. The SMILES string of the molecule is Cc1c(CNS(=O)(=O)c2ccc(F)cc2)cnn1C. The van der Waals surface area contributed by atoms with E-state index in [2.05, 4.69) is 9.82 Å². The van der Waals surface area contributed by atoms with Gasteiger partial charge in [-0.25, -0.2) is 17.5 Å². The van der Waals surface area contributed by atoms with Gasteiger partial charge in [-0.3, -0.25) is 4.68 Å². The minimum Gasteiger partial charge on any atom is -0.273 e. The summed E-state index contributed by atoms with van der Waals surface area (Å²) in [6.07, 6.45) is 1.61. The molecule has 0 fully saturated rings. The molecule has 0 spiro atoms. The summed E-state index contributed by atoms with van der Waals surface area (Å²) in [6.45, 7) is 2.01. The van der Waals surface area contributed by atoms with Crippen LogP contribution in [0.1, 0.15) is 11.3 Å². The van der Waals surface area contributed by atoms with Gasteiger partial charge in [-0.15, -0.1) is 0 Å². The molecular weight excluding hydrogens is 269 g/mol. The van der Waals surface area contributed by atoms with Crippen LogP contribution in [0.4, 0.5) is 4.39 Å². The zero-order valence-electron chi connectivity index (χ0n) is 10.6. The van der Waals surface area contributed by atoms with Gasteiger partial charge in [0.25, 0.3) is 0 Å². The standard InChI is InChI=1S/C12H14FN3O2S/c1-9-10(7-14-16(9)2)8-15-19(17,18)12-5-3-11(13)4-6-12/h3-7,15H,8H2,1-2H3. The Labute approximate surface area is 111 Å². The molecule has 0 saturated heterocycles. The van der Waals surface area contributed by atoms with Crippen LogP contribution in [-0.2, 0) is 23.6 Å². The van der Waals surface area contributed by atoms with Crippen LogP contribution in [0.5, 0.6) is 0 Å². The largest absolute Gasteiger partial charge is 0.273 e. The number of aryl methyl sites for hydroxylation is 1. The molecule has 1 aromatic heterocycles. The summed E-state index contributed by atoms with van der Waals surface area (Å²) < 4.78 is 40.8. The van der Waals surface area contributed by atoms with E-state index in [4.69, 9.17) is 0 Å². The van der Waals surface area contributed by atoms with E-state index in [1.807, 2.05) is 6.92 Å². The molecule has 0 saturated carbocycles. The third-order valence-corrected chi connectivity index (χ3v) is 4.33. The molecule has 0 radical (unpaired) electrons. The van der Waals surface area contributed by atoms with E-state index in [0.29, 0.717) is 0 Å². The van der Waals surface area contributed by atoms with Crippen molar-refractivity contribution in [3.8, 4) is 0 Å². The van der Waals surface area contributed by atoms with Crippen molar-refractivity contribution in [2.24, 2.45) is 7.05 Å². The maximum atomic E-state index is 12.8. The van der Waals surface area contributed by atoms with Crippen molar-refractivity contribution in [3.63, 3.8) is 0 Å². The second-order valence-corrected chi connectivity index (χ2v) is 5.92. The number of benzene rings is 1. The second-order valence-electron chi connectivity index (χ2n) is 4.16. The molecule has 0 aliphatic carbocycles. The Balaban J connectivity index is 2.14. The lowest BCUT2D eigenvalue weighted by Crippen LogP contribution is -2.23. The van der Waals surface area contributed by atoms with Crippen LogP contribution in [-0.4, -0.2) is 18.2 Å². The smallest absolute Gasteiger partial charge is 0.240 e. The topological polar surface area (TPSA) is 64.0 Å². The highest BCUT2D eigenvalue weighted by Crippen LogP contribution is 2.11. The van der Waals surface area contributed by atoms with E-state index in [0.717, 1.165) is 23.4 Å². The molecular formula is C12H14FN3O2S. The summed E-state index contributed by atoms with van der Waals surface area (Å²) in [5.74, 6) is -0.470. The van der Waals surface area contributed by atoms with Crippen LogP contribution in [0.25, 0.3) is 0 Å². The van der Waals surface area contributed by atoms with E-state index in [9.17, 15) is 12.8 Å². The van der Waals surface area contributed by atoms with Crippen molar-refractivity contribution in [3.05, 3.63) is 47.5 Å². The molecule has 0 aliphatic heterocycles. The molecule has 1 aromatic carbocycles. The Bertz CT molecular complexity index is 678. The predicted octanol–water partition coefficient (Wildman–Crippen LogP) is 1.35. The summed E-state index contributed by atoms with van der Waals surface area (Å²) in [4.78, 5) is 0.0374. The maximum Gasteiger partial charge on any atom is 0.240 e. The normalized spacial score (nSPS) is 11.7. The van der Waals surface area contributed by atoms with Gasteiger partial charge in [0.15, 0.2) is 0 Å². The molecule has 0 bridgehead atoms. The monoisotopic (exact) mass is 283 g/mol. The molecule has 0 aliphatic rings. The van der Waals surface area contributed by atoms with Crippen LogP contribution >= 0.6 is 0 Å². The summed E-state index contributed by atoms with van der Waals surface area (Å²) in [5, 5.41) is 4.03. The molecule has 7 heteroatoms. The average molecular weight is 283 g/mol. The predicted molar refractivity (Wildman–Crippen MR) is 68.4 cm³/mol. The highest BCUT2D eigenvalue weighted by Gasteiger charge is 2.14. The molecule has 19 heavy (non-hydrogen) atoms. The van der Waals surface area contributed by atoms with Crippen molar-refractivity contribution in [2.45, 2.75) is 18.4 Å². The van der Waals surface area contributed by atoms with Crippen molar-refractivity contribution in [1.29, 1.82) is 0 Å². The van der Waals surface area contributed by atoms with Gasteiger partial charge in [0, 0.05) is 24.8 Å². The molecule has 2 aromatic rings. The van der Waals surface area contributed by atoms with Crippen LogP contribution < -0.4 is 4.72 Å². The van der Waals surface area contributed by atoms with Crippen LogP contribution in [0.3, 0.4) is 0 Å². The van der Waals surface area contributed by atoms with Gasteiger partial charge in [-0.2, -0.15) is 5.10 Å². The molecule has 102 valence electrons. The minimum atomic E-state index is -3.64. The Hall–Kier alpha value is -1.73. The van der Waals surface area contributed by atoms with E-state index < -0.39 is 15.8 Å². The van der Waals surface area contributed by atoms with Crippen LogP contribution in [0, 0.1) is 12.7 Å². The van der Waals surface area contributed by atoms with Gasteiger partial charge < -0.3 is 0 Å². The number of halogens is 1. The Morgan fingerprint density at radius 3 is 2.47 bits per heavy atom. The fourth-order valence-corrected chi connectivity index (χ4v) is 2.59. The fraction of sp³-hybridized carbons (Fsp3) is 0.250. The summed E-state index contributed by atoms with van der Waals surface area (Å²) in [7, 11) is -1.85. The molecule has 2 rings (SSSR count). The van der Waals surface area contributed by atoms with Gasteiger partial charge in [-0.05, 0) is 31.2 Å². The van der Waals surface area contributed by atoms with Gasteiger partial charge in [0.2, 0.25) is 10.0 Å². The lowest BCUT2D eigenvalue weighted by atomic mass is 10.3. The summed E-state index contributed by atoms with van der Waals surface area (Å²) in [6, 6.07) is 4.69. The highest BCUT2D eigenvalue weighted by molar-refractivity contribution is 7.89. The molecule has 5 nitrogen and oxygen atoms in total. The Morgan fingerprint density at radius 1 is 1.32 bits per heavy atom. The lowest BCUT2D eigenvalue weighted by molar-refractivity contribution is 0.580. The zero-order valence-corrected chi connectivity index (χ0v) is 11.4. The fourth-order valence-electron chi connectivity index (χ4n) is 1.59. The lowest BCUT2D eigenvalue weighted by Gasteiger charge is -2.06. The first-order valence-electron chi connectivity index (χ1n) is 5.63. The third kappa shape index (κ3) is 2.99. The average Bonchev–Trinajstić information content (AvgIpc) is 2.68. The van der Waals surface area contributed by atoms with Gasteiger partial charge in [0.05, 0.1) is 11.1 Å². The maximum absolute atomic E-state index is 12.8. The number of hydrogen-bond donors (Lipinski definition) is 1. The zero-order chi connectivity index (χ0) is 14.0. The molecule has 0 amide bonds.